The highest BCUT2D eigenvalue weighted by molar-refractivity contribution is 5.74. The molecule has 0 saturated carbocycles. The van der Waals surface area contributed by atoms with Crippen LogP contribution in [0.1, 0.15) is 270 Å². The summed E-state index contributed by atoms with van der Waals surface area (Å²) in [5.74, 6) is -2.77. The first-order valence-electron chi connectivity index (χ1n) is 30.1. The van der Waals surface area contributed by atoms with Gasteiger partial charge < -0.3 is 39.4 Å². The predicted octanol–water partition coefficient (Wildman–Crippen LogP) is 16.0. The molecule has 0 radical (unpaired) electrons. The second-order valence-corrected chi connectivity index (χ2v) is 31.6. The summed E-state index contributed by atoms with van der Waals surface area (Å²) in [6, 6.07) is 15.3. The van der Waals surface area contributed by atoms with Gasteiger partial charge in [-0.2, -0.15) is 0 Å². The zero-order chi connectivity index (χ0) is 64.3. The summed E-state index contributed by atoms with van der Waals surface area (Å²) in [7, 11) is 0. The topological polar surface area (TPSA) is 186 Å². The maximum absolute atomic E-state index is 14.5. The van der Waals surface area contributed by atoms with Crippen molar-refractivity contribution in [1.29, 1.82) is 0 Å². The zero-order valence-corrected chi connectivity index (χ0v) is 55.9. The Balaban J connectivity index is 1.63. The number of phenolic OH excluding ortho intramolecular Hbond substituents is 4. The quantitative estimate of drug-likeness (QED) is 0.0396. The fourth-order valence-corrected chi connectivity index (χ4v) is 10.4. The molecule has 0 saturated heterocycles. The molecule has 0 bridgehead atoms. The molecule has 0 aliphatic carbocycles. The molecule has 12 heteroatoms. The molecule has 0 aliphatic rings. The van der Waals surface area contributed by atoms with Crippen molar-refractivity contribution >= 4 is 23.9 Å². The van der Waals surface area contributed by atoms with Crippen LogP contribution in [0.4, 0.5) is 0 Å². The summed E-state index contributed by atoms with van der Waals surface area (Å²) in [4.78, 5) is 55.3. The second kappa shape index (κ2) is 26.3. The van der Waals surface area contributed by atoms with Gasteiger partial charge in [0.2, 0.25) is 0 Å². The van der Waals surface area contributed by atoms with Crippen LogP contribution in [-0.2, 0) is 94.3 Å². The molecular weight excluding hydrogens is 1060 g/mol. The van der Waals surface area contributed by atoms with Crippen LogP contribution >= 0.6 is 0 Å². The lowest BCUT2D eigenvalue weighted by atomic mass is 9.76. The Kier molecular flexibility index (Phi) is 22.0. The smallest absolute Gasteiger partial charge is 0.306 e. The number of carbonyl (C=O) groups excluding carboxylic acids is 4. The Labute approximate surface area is 504 Å². The van der Waals surface area contributed by atoms with Crippen molar-refractivity contribution in [3.05, 3.63) is 115 Å². The van der Waals surface area contributed by atoms with Crippen LogP contribution in [0.15, 0.2) is 48.5 Å². The summed E-state index contributed by atoms with van der Waals surface area (Å²) >= 11 is 0. The number of hydrogen-bond donors (Lipinski definition) is 4. The third-order valence-corrected chi connectivity index (χ3v) is 15.6. The third-order valence-electron chi connectivity index (χ3n) is 15.6. The highest BCUT2D eigenvalue weighted by atomic mass is 16.6. The number of esters is 4. The molecular formula is C72H106O12. The van der Waals surface area contributed by atoms with E-state index in [0.29, 0.717) is 46.2 Å². The number of aryl methyl sites for hydroxylation is 2. The standard InChI is InChI=1S/C72H106O12/c1-65(2,3)49-31-43(32-50(61(49)77)66(4,5)6)25-27-57(73)81-29-30-82-59(75)39-47(45-35-53(69(13,14)15)63(79)54(36-45)70(16,17)18)42-84-60(76)40-48(46-37-55(71(19,20)21)64(80)56(38-46)72(22,23)24)41-83-58(74)28-26-44-33-51(67(7,8)9)62(78)52(34-44)68(10,11)12/h31-38,47-48,77-80H,25-30,39-42H2,1-24H3. The van der Waals surface area contributed by atoms with Gasteiger partial charge >= 0.3 is 23.9 Å². The molecule has 0 aromatic heterocycles. The summed E-state index contributed by atoms with van der Waals surface area (Å²) < 4.78 is 23.5. The van der Waals surface area contributed by atoms with E-state index in [9.17, 15) is 39.6 Å². The average molecular weight is 1160 g/mol. The van der Waals surface area contributed by atoms with Crippen LogP contribution in [0, 0.1) is 0 Å². The van der Waals surface area contributed by atoms with E-state index < -0.39 is 57.4 Å². The Morgan fingerprint density at radius 3 is 0.774 bits per heavy atom. The maximum Gasteiger partial charge on any atom is 0.306 e. The fraction of sp³-hybridized carbons (Fsp3) is 0.611. The van der Waals surface area contributed by atoms with E-state index in [1.165, 1.54) is 0 Å². The van der Waals surface area contributed by atoms with Crippen LogP contribution in [0.5, 0.6) is 23.0 Å². The van der Waals surface area contributed by atoms with E-state index in [4.69, 9.17) is 18.9 Å². The van der Waals surface area contributed by atoms with Gasteiger partial charge in [-0.05, 0) is 123 Å². The molecule has 4 aromatic carbocycles. The van der Waals surface area contributed by atoms with Gasteiger partial charge in [-0.25, -0.2) is 0 Å². The van der Waals surface area contributed by atoms with Crippen LogP contribution in [0.25, 0.3) is 0 Å². The van der Waals surface area contributed by atoms with Gasteiger partial charge in [0.05, 0.1) is 26.1 Å². The number of aromatic hydroxyl groups is 4. The lowest BCUT2D eigenvalue weighted by molar-refractivity contribution is -0.153. The molecule has 0 heterocycles. The third kappa shape index (κ3) is 19.2. The van der Waals surface area contributed by atoms with Gasteiger partial charge in [0, 0.05) is 24.7 Å². The number of benzene rings is 4. The van der Waals surface area contributed by atoms with Gasteiger partial charge in [-0.1, -0.05) is 215 Å². The molecule has 0 spiro atoms. The van der Waals surface area contributed by atoms with Crippen molar-refractivity contribution in [2.75, 3.05) is 26.4 Å². The van der Waals surface area contributed by atoms with E-state index in [-0.39, 0.29) is 96.8 Å². The summed E-state index contributed by atoms with van der Waals surface area (Å²) in [5.41, 5.74) is 5.62. The second-order valence-electron chi connectivity index (χ2n) is 31.6. The molecule has 84 heavy (non-hydrogen) atoms. The van der Waals surface area contributed by atoms with E-state index in [1.54, 1.807) is 0 Å². The Hall–Kier alpha value is -6.04. The molecule has 12 nitrogen and oxygen atoms in total. The van der Waals surface area contributed by atoms with Gasteiger partial charge in [-0.15, -0.1) is 0 Å². The largest absolute Gasteiger partial charge is 0.507 e. The minimum absolute atomic E-state index is 0.0449. The zero-order valence-electron chi connectivity index (χ0n) is 55.9. The molecule has 4 N–H and O–H groups in total. The highest BCUT2D eigenvalue weighted by Gasteiger charge is 2.34. The van der Waals surface area contributed by atoms with Crippen molar-refractivity contribution in [1.82, 2.24) is 0 Å². The SMILES string of the molecule is CC(C)(C)c1cc(CCC(=O)OCCOC(=O)CC(COC(=O)CC(COC(=O)CCc2cc(C(C)(C)C)c(O)c(C(C)(C)C)c2)c2cc(C(C)(C)C)c(O)c(C(C)(C)C)c2)c2cc(C(C)(C)C)c(O)c(C(C)(C)C)c2)cc(C(C)(C)C)c1O. The minimum Gasteiger partial charge on any atom is -0.507 e. The average Bonchev–Trinajstić information content (AvgIpc) is 1.64. The van der Waals surface area contributed by atoms with Crippen molar-refractivity contribution in [2.24, 2.45) is 0 Å². The van der Waals surface area contributed by atoms with Crippen LogP contribution < -0.4 is 0 Å². The van der Waals surface area contributed by atoms with Gasteiger partial charge in [0.15, 0.2) is 0 Å². The van der Waals surface area contributed by atoms with Gasteiger partial charge in [0.25, 0.3) is 0 Å². The summed E-state index contributed by atoms with van der Waals surface area (Å²) in [5, 5.41) is 46.0. The molecule has 466 valence electrons. The van der Waals surface area contributed by atoms with Gasteiger partial charge in [-0.3, -0.25) is 19.2 Å². The first kappa shape index (κ1) is 70.4. The first-order chi connectivity index (χ1) is 38.0. The lowest BCUT2D eigenvalue weighted by Gasteiger charge is -2.30. The van der Waals surface area contributed by atoms with Crippen LogP contribution in [0.2, 0.25) is 0 Å². The van der Waals surface area contributed by atoms with E-state index in [0.717, 1.165) is 33.4 Å². The van der Waals surface area contributed by atoms with E-state index in [1.807, 2.05) is 215 Å². The first-order valence-corrected chi connectivity index (χ1v) is 30.1. The predicted molar refractivity (Wildman–Crippen MR) is 337 cm³/mol. The molecule has 2 unspecified atom stereocenters. The summed E-state index contributed by atoms with van der Waals surface area (Å²) in [6.45, 7) is 47.7. The normalized spacial score (nSPS) is 13.8. The molecule has 0 fully saturated rings. The minimum atomic E-state index is -0.740. The lowest BCUT2D eigenvalue weighted by Crippen LogP contribution is -2.24. The Morgan fingerprint density at radius 1 is 0.321 bits per heavy atom. The fourth-order valence-electron chi connectivity index (χ4n) is 10.4. The van der Waals surface area contributed by atoms with E-state index in [2.05, 4.69) is 0 Å². The van der Waals surface area contributed by atoms with Crippen molar-refractivity contribution in [3.63, 3.8) is 0 Å². The number of ether oxygens (including phenoxy) is 4. The molecule has 4 aromatic rings. The summed E-state index contributed by atoms with van der Waals surface area (Å²) in [6.07, 6.45) is 0.443. The number of rotatable bonds is 19. The number of hydrogen-bond acceptors (Lipinski definition) is 12. The van der Waals surface area contributed by atoms with Crippen molar-refractivity contribution < 1.29 is 58.6 Å². The van der Waals surface area contributed by atoms with Crippen molar-refractivity contribution in [3.8, 4) is 23.0 Å². The number of phenols is 4. The Morgan fingerprint density at radius 2 is 0.524 bits per heavy atom. The number of carbonyl (C=O) groups is 4. The monoisotopic (exact) mass is 1160 g/mol. The van der Waals surface area contributed by atoms with Crippen LogP contribution in [-0.4, -0.2) is 70.7 Å². The molecule has 4 rings (SSSR count). The van der Waals surface area contributed by atoms with E-state index >= 15 is 0 Å². The van der Waals surface area contributed by atoms with Crippen molar-refractivity contribution in [2.45, 2.75) is 260 Å². The van der Waals surface area contributed by atoms with Crippen LogP contribution in [0.3, 0.4) is 0 Å². The molecule has 0 aliphatic heterocycles. The maximum atomic E-state index is 14.5. The molecule has 0 amide bonds. The van der Waals surface area contributed by atoms with Gasteiger partial charge in [0.1, 0.15) is 36.2 Å². The molecule has 2 atom stereocenters. The Bertz CT molecular complexity index is 2850. The highest BCUT2D eigenvalue weighted by Crippen LogP contribution is 2.46.